The van der Waals surface area contributed by atoms with E-state index in [-0.39, 0.29) is 12.5 Å². The van der Waals surface area contributed by atoms with E-state index in [0.717, 1.165) is 5.75 Å². The predicted octanol–water partition coefficient (Wildman–Crippen LogP) is 3.11. The minimum atomic E-state index is -0.391. The molecule has 0 fully saturated rings. The van der Waals surface area contributed by atoms with Gasteiger partial charge in [-0.15, -0.1) is 0 Å². The Labute approximate surface area is 139 Å². The molecular weight excluding hydrogens is 316 g/mol. The summed E-state index contributed by atoms with van der Waals surface area (Å²) in [6, 6.07) is 13.7. The maximum absolute atomic E-state index is 11.9. The Morgan fingerprint density at radius 3 is 2.43 bits per heavy atom. The van der Waals surface area contributed by atoms with Gasteiger partial charge in [-0.25, -0.2) is 0 Å². The van der Waals surface area contributed by atoms with Crippen molar-refractivity contribution < 1.29 is 14.3 Å². The monoisotopic (exact) mass is 332 g/mol. The number of rotatable bonds is 6. The summed E-state index contributed by atoms with van der Waals surface area (Å²) >= 11 is 5.93. The molecule has 0 aliphatic carbocycles. The first-order valence-corrected chi connectivity index (χ1v) is 7.53. The van der Waals surface area contributed by atoms with E-state index in [9.17, 15) is 9.59 Å². The summed E-state index contributed by atoms with van der Waals surface area (Å²) in [5, 5.41) is 5.57. The molecule has 2 N–H and O–H groups in total. The van der Waals surface area contributed by atoms with E-state index in [1.807, 2.05) is 6.92 Å². The molecule has 23 heavy (non-hydrogen) atoms. The van der Waals surface area contributed by atoms with Crippen LogP contribution in [0.4, 0.5) is 5.69 Å². The fourth-order valence-corrected chi connectivity index (χ4v) is 2.13. The Kier molecular flexibility index (Phi) is 6.00. The Bertz CT molecular complexity index is 686. The van der Waals surface area contributed by atoms with Crippen LogP contribution in [0.1, 0.15) is 17.3 Å². The molecular formula is C17H17ClN2O3. The number of ether oxygens (including phenoxy) is 1. The van der Waals surface area contributed by atoms with Crippen LogP contribution in [-0.2, 0) is 4.79 Å². The number of benzene rings is 2. The highest BCUT2D eigenvalue weighted by molar-refractivity contribution is 6.33. The summed E-state index contributed by atoms with van der Waals surface area (Å²) in [4.78, 5) is 23.8. The van der Waals surface area contributed by atoms with E-state index in [1.54, 1.807) is 48.5 Å². The van der Waals surface area contributed by atoms with Crippen LogP contribution >= 0.6 is 11.6 Å². The second kappa shape index (κ2) is 8.19. The largest absolute Gasteiger partial charge is 0.494 e. The average molecular weight is 333 g/mol. The third kappa shape index (κ3) is 5.00. The fraction of sp³-hybridized carbons (Fsp3) is 0.176. The Balaban J connectivity index is 1.85. The normalized spacial score (nSPS) is 10.0. The van der Waals surface area contributed by atoms with E-state index < -0.39 is 5.91 Å². The highest BCUT2D eigenvalue weighted by atomic mass is 35.5. The second-order valence-electron chi connectivity index (χ2n) is 4.67. The predicted molar refractivity (Wildman–Crippen MR) is 90.0 cm³/mol. The third-order valence-electron chi connectivity index (χ3n) is 2.98. The standard InChI is InChI=1S/C17H17ClN2O3/c1-2-23-13-9-7-12(8-10-13)20-16(21)11-19-17(22)14-5-3-4-6-15(14)18/h3-10H,2,11H2,1H3,(H,19,22)(H,20,21). The molecule has 0 aliphatic rings. The summed E-state index contributed by atoms with van der Waals surface area (Å²) < 4.78 is 5.32. The molecule has 0 radical (unpaired) electrons. The van der Waals surface area contributed by atoms with Crippen LogP contribution in [-0.4, -0.2) is 25.0 Å². The smallest absolute Gasteiger partial charge is 0.253 e. The minimum absolute atomic E-state index is 0.142. The molecule has 0 atom stereocenters. The highest BCUT2D eigenvalue weighted by Gasteiger charge is 2.11. The number of carbonyl (C=O) groups is 2. The van der Waals surface area contributed by atoms with Crippen molar-refractivity contribution in [3.05, 3.63) is 59.1 Å². The fourth-order valence-electron chi connectivity index (χ4n) is 1.91. The number of halogens is 1. The molecule has 0 saturated carbocycles. The van der Waals surface area contributed by atoms with Gasteiger partial charge in [-0.2, -0.15) is 0 Å². The van der Waals surface area contributed by atoms with Gasteiger partial charge in [0.25, 0.3) is 5.91 Å². The van der Waals surface area contributed by atoms with Gasteiger partial charge in [0, 0.05) is 5.69 Å². The molecule has 6 heteroatoms. The Morgan fingerprint density at radius 1 is 1.09 bits per heavy atom. The molecule has 0 unspecified atom stereocenters. The van der Waals surface area contributed by atoms with Crippen molar-refractivity contribution >= 4 is 29.1 Å². The van der Waals surface area contributed by atoms with Crippen LogP contribution in [0.5, 0.6) is 5.75 Å². The lowest BCUT2D eigenvalue weighted by Gasteiger charge is -2.09. The number of anilines is 1. The van der Waals surface area contributed by atoms with Gasteiger partial charge in [-0.05, 0) is 43.3 Å². The molecule has 0 heterocycles. The molecule has 2 aromatic rings. The van der Waals surface area contributed by atoms with Crippen LogP contribution in [0.3, 0.4) is 0 Å². The molecule has 0 bridgehead atoms. The Hall–Kier alpha value is -2.53. The first-order chi connectivity index (χ1) is 11.1. The molecule has 2 amide bonds. The molecule has 0 aliphatic heterocycles. The summed E-state index contributed by atoms with van der Waals surface area (Å²) in [6.45, 7) is 2.34. The summed E-state index contributed by atoms with van der Waals surface area (Å²) in [5.41, 5.74) is 0.966. The van der Waals surface area contributed by atoms with Gasteiger partial charge in [0.1, 0.15) is 5.75 Å². The lowest BCUT2D eigenvalue weighted by Crippen LogP contribution is -2.32. The highest BCUT2D eigenvalue weighted by Crippen LogP contribution is 2.16. The lowest BCUT2D eigenvalue weighted by atomic mass is 10.2. The summed E-state index contributed by atoms with van der Waals surface area (Å²) in [6.07, 6.45) is 0. The van der Waals surface area contributed by atoms with Crippen LogP contribution < -0.4 is 15.4 Å². The van der Waals surface area contributed by atoms with Gasteiger partial charge in [-0.3, -0.25) is 9.59 Å². The van der Waals surface area contributed by atoms with E-state index >= 15 is 0 Å². The molecule has 0 saturated heterocycles. The maximum Gasteiger partial charge on any atom is 0.253 e. The van der Waals surface area contributed by atoms with E-state index in [1.165, 1.54) is 0 Å². The van der Waals surface area contributed by atoms with Gasteiger partial charge in [0.2, 0.25) is 5.91 Å². The van der Waals surface area contributed by atoms with Crippen LogP contribution in [0.25, 0.3) is 0 Å². The zero-order valence-electron chi connectivity index (χ0n) is 12.6. The van der Waals surface area contributed by atoms with Crippen molar-refractivity contribution in [2.75, 3.05) is 18.5 Å². The number of amides is 2. The average Bonchev–Trinajstić information content (AvgIpc) is 2.55. The Morgan fingerprint density at radius 2 is 1.78 bits per heavy atom. The van der Waals surface area contributed by atoms with Crippen LogP contribution in [0.15, 0.2) is 48.5 Å². The lowest BCUT2D eigenvalue weighted by molar-refractivity contribution is -0.115. The van der Waals surface area contributed by atoms with Gasteiger partial charge >= 0.3 is 0 Å². The van der Waals surface area contributed by atoms with Crippen LogP contribution in [0, 0.1) is 0 Å². The van der Waals surface area contributed by atoms with Crippen molar-refractivity contribution in [3.63, 3.8) is 0 Å². The second-order valence-corrected chi connectivity index (χ2v) is 5.08. The number of hydrogen-bond donors (Lipinski definition) is 2. The first-order valence-electron chi connectivity index (χ1n) is 7.15. The van der Waals surface area contributed by atoms with Crippen molar-refractivity contribution in [3.8, 4) is 5.75 Å². The topological polar surface area (TPSA) is 67.4 Å². The van der Waals surface area contributed by atoms with Gasteiger partial charge in [-0.1, -0.05) is 23.7 Å². The van der Waals surface area contributed by atoms with Gasteiger partial charge in [0.15, 0.2) is 0 Å². The molecule has 120 valence electrons. The van der Waals surface area contributed by atoms with E-state index in [0.29, 0.717) is 22.9 Å². The summed E-state index contributed by atoms with van der Waals surface area (Å²) in [7, 11) is 0. The molecule has 2 rings (SSSR count). The summed E-state index contributed by atoms with van der Waals surface area (Å²) in [5.74, 6) is 0.0181. The van der Waals surface area contributed by atoms with Crippen molar-refractivity contribution in [2.45, 2.75) is 6.92 Å². The molecule has 5 nitrogen and oxygen atoms in total. The quantitative estimate of drug-likeness (QED) is 0.854. The maximum atomic E-state index is 11.9. The number of hydrogen-bond acceptors (Lipinski definition) is 3. The van der Waals surface area contributed by atoms with Gasteiger partial charge in [0.05, 0.1) is 23.7 Å². The zero-order chi connectivity index (χ0) is 16.7. The first kappa shape index (κ1) is 16.8. The van der Waals surface area contributed by atoms with Crippen LogP contribution in [0.2, 0.25) is 5.02 Å². The molecule has 0 spiro atoms. The number of nitrogens with one attached hydrogen (secondary N) is 2. The molecule has 2 aromatic carbocycles. The van der Waals surface area contributed by atoms with E-state index in [4.69, 9.17) is 16.3 Å². The van der Waals surface area contributed by atoms with Crippen molar-refractivity contribution in [1.29, 1.82) is 0 Å². The number of carbonyl (C=O) groups excluding carboxylic acids is 2. The van der Waals surface area contributed by atoms with E-state index in [2.05, 4.69) is 10.6 Å². The van der Waals surface area contributed by atoms with Crippen molar-refractivity contribution in [2.24, 2.45) is 0 Å². The third-order valence-corrected chi connectivity index (χ3v) is 3.31. The molecule has 0 aromatic heterocycles. The van der Waals surface area contributed by atoms with Gasteiger partial charge < -0.3 is 15.4 Å². The minimum Gasteiger partial charge on any atom is -0.494 e. The van der Waals surface area contributed by atoms with Crippen molar-refractivity contribution in [1.82, 2.24) is 5.32 Å². The SMILES string of the molecule is CCOc1ccc(NC(=O)CNC(=O)c2ccccc2Cl)cc1. The zero-order valence-corrected chi connectivity index (χ0v) is 13.4.